The Labute approximate surface area is 96.4 Å². The second kappa shape index (κ2) is 5.54. The first-order valence-electron chi connectivity index (χ1n) is 5.39. The number of ketones is 1. The van der Waals surface area contributed by atoms with Crippen LogP contribution >= 0.6 is 0 Å². The Morgan fingerprint density at radius 3 is 2.25 bits per heavy atom. The van der Waals surface area contributed by atoms with E-state index >= 15 is 0 Å². The van der Waals surface area contributed by atoms with Crippen LogP contribution < -0.4 is 9.47 Å². The largest absolute Gasteiger partial charge is 0.493 e. The van der Waals surface area contributed by atoms with Crippen LogP contribution in [0.25, 0.3) is 0 Å². The van der Waals surface area contributed by atoms with E-state index in [0.717, 1.165) is 17.5 Å². The zero-order valence-corrected chi connectivity index (χ0v) is 10.3. The summed E-state index contributed by atoms with van der Waals surface area (Å²) in [6.45, 7) is 3.90. The van der Waals surface area contributed by atoms with Gasteiger partial charge in [0.05, 0.1) is 14.2 Å². The van der Waals surface area contributed by atoms with Crippen LogP contribution in [-0.4, -0.2) is 20.0 Å². The number of benzene rings is 1. The van der Waals surface area contributed by atoms with Crippen molar-refractivity contribution in [3.63, 3.8) is 0 Å². The lowest BCUT2D eigenvalue weighted by Crippen LogP contribution is -2.03. The number of carbonyl (C=O) groups is 1. The van der Waals surface area contributed by atoms with Crippen LogP contribution in [0.2, 0.25) is 0 Å². The van der Waals surface area contributed by atoms with Crippen LogP contribution in [0.4, 0.5) is 0 Å². The van der Waals surface area contributed by atoms with Crippen molar-refractivity contribution in [2.45, 2.75) is 26.7 Å². The van der Waals surface area contributed by atoms with Gasteiger partial charge in [-0.3, -0.25) is 4.79 Å². The molecule has 88 valence electrons. The van der Waals surface area contributed by atoms with Gasteiger partial charge < -0.3 is 9.47 Å². The fourth-order valence-corrected chi connectivity index (χ4v) is 1.64. The molecule has 0 bridgehead atoms. The highest BCUT2D eigenvalue weighted by Gasteiger charge is 2.13. The number of methoxy groups -OCH3 is 2. The van der Waals surface area contributed by atoms with Gasteiger partial charge in [-0.25, -0.2) is 0 Å². The predicted octanol–water partition coefficient (Wildman–Crippen LogP) is 3.00. The van der Waals surface area contributed by atoms with Gasteiger partial charge >= 0.3 is 0 Å². The minimum Gasteiger partial charge on any atom is -0.493 e. The third-order valence-electron chi connectivity index (χ3n) is 2.51. The van der Waals surface area contributed by atoms with Crippen molar-refractivity contribution in [2.24, 2.45) is 0 Å². The van der Waals surface area contributed by atoms with Crippen molar-refractivity contribution in [2.75, 3.05) is 14.2 Å². The molecule has 0 aliphatic heterocycles. The van der Waals surface area contributed by atoms with E-state index in [2.05, 4.69) is 0 Å². The van der Waals surface area contributed by atoms with E-state index in [1.807, 2.05) is 19.9 Å². The maximum absolute atomic E-state index is 11.8. The van der Waals surface area contributed by atoms with Crippen molar-refractivity contribution in [3.05, 3.63) is 23.3 Å². The Morgan fingerprint density at radius 1 is 1.19 bits per heavy atom. The summed E-state index contributed by atoms with van der Waals surface area (Å²) in [5.74, 6) is 1.42. The van der Waals surface area contributed by atoms with Gasteiger partial charge in [-0.15, -0.1) is 0 Å². The fourth-order valence-electron chi connectivity index (χ4n) is 1.64. The summed E-state index contributed by atoms with van der Waals surface area (Å²) in [7, 11) is 3.16. The van der Waals surface area contributed by atoms with Crippen molar-refractivity contribution >= 4 is 5.78 Å². The lowest BCUT2D eigenvalue weighted by Gasteiger charge is -2.11. The molecule has 0 heterocycles. The van der Waals surface area contributed by atoms with E-state index < -0.39 is 0 Å². The summed E-state index contributed by atoms with van der Waals surface area (Å²) in [5.41, 5.74) is 1.65. The minimum absolute atomic E-state index is 0.154. The van der Waals surface area contributed by atoms with Crippen LogP contribution in [0.15, 0.2) is 12.1 Å². The van der Waals surface area contributed by atoms with Crippen molar-refractivity contribution in [1.29, 1.82) is 0 Å². The van der Waals surface area contributed by atoms with E-state index in [0.29, 0.717) is 17.9 Å². The van der Waals surface area contributed by atoms with E-state index in [9.17, 15) is 4.79 Å². The second-order valence-electron chi connectivity index (χ2n) is 3.70. The van der Waals surface area contributed by atoms with Crippen molar-refractivity contribution in [1.82, 2.24) is 0 Å². The fraction of sp³-hybridized carbons (Fsp3) is 0.462. The third-order valence-corrected chi connectivity index (χ3v) is 2.51. The van der Waals surface area contributed by atoms with Gasteiger partial charge in [0, 0.05) is 12.0 Å². The Hall–Kier alpha value is -1.51. The van der Waals surface area contributed by atoms with E-state index in [1.165, 1.54) is 0 Å². The molecule has 0 saturated heterocycles. The first-order chi connectivity index (χ1) is 7.63. The maximum atomic E-state index is 11.8. The average Bonchev–Trinajstić information content (AvgIpc) is 2.28. The van der Waals surface area contributed by atoms with Gasteiger partial charge in [0.15, 0.2) is 17.3 Å². The van der Waals surface area contributed by atoms with Gasteiger partial charge in [-0.1, -0.05) is 6.92 Å². The van der Waals surface area contributed by atoms with E-state index in [1.54, 1.807) is 20.3 Å². The van der Waals surface area contributed by atoms with Crippen LogP contribution in [0.1, 0.15) is 35.7 Å². The maximum Gasteiger partial charge on any atom is 0.163 e. The molecule has 0 aliphatic carbocycles. The molecule has 0 fully saturated rings. The molecule has 1 aromatic carbocycles. The Kier molecular flexibility index (Phi) is 4.35. The molecule has 0 amide bonds. The molecule has 0 spiro atoms. The molecule has 0 radical (unpaired) electrons. The third kappa shape index (κ3) is 2.54. The number of rotatable bonds is 5. The predicted molar refractivity (Wildman–Crippen MR) is 63.5 cm³/mol. The normalized spacial score (nSPS) is 10.0. The molecular formula is C13H18O3. The van der Waals surface area contributed by atoms with Gasteiger partial charge in [0.25, 0.3) is 0 Å². The molecule has 3 nitrogen and oxygen atoms in total. The quantitative estimate of drug-likeness (QED) is 0.718. The molecule has 1 aromatic rings. The van der Waals surface area contributed by atoms with Crippen LogP contribution in [-0.2, 0) is 0 Å². The number of Topliss-reactive ketones (excluding diaryl/α,β-unsaturated/α-hetero) is 1. The highest BCUT2D eigenvalue weighted by atomic mass is 16.5. The Balaban J connectivity index is 3.15. The highest BCUT2D eigenvalue weighted by Crippen LogP contribution is 2.30. The standard InChI is InChI=1S/C13H18O3/c1-5-6-11(14)10-8-13(16-4)12(15-3)7-9(10)2/h7-8H,5-6H2,1-4H3. The molecule has 3 heteroatoms. The van der Waals surface area contributed by atoms with E-state index in [4.69, 9.17) is 9.47 Å². The molecule has 0 N–H and O–H groups in total. The topological polar surface area (TPSA) is 35.5 Å². The SMILES string of the molecule is CCCC(=O)c1cc(OC)c(OC)cc1C. The van der Waals surface area contributed by atoms with Crippen molar-refractivity contribution < 1.29 is 14.3 Å². The molecule has 0 atom stereocenters. The summed E-state index contributed by atoms with van der Waals surface area (Å²) in [6, 6.07) is 3.59. The first kappa shape index (κ1) is 12.6. The van der Waals surface area contributed by atoms with Gasteiger partial charge in [-0.2, -0.15) is 0 Å². The lowest BCUT2D eigenvalue weighted by atomic mass is 10.0. The van der Waals surface area contributed by atoms with Crippen LogP contribution in [0, 0.1) is 6.92 Å². The van der Waals surface area contributed by atoms with Crippen LogP contribution in [0.5, 0.6) is 11.5 Å². The van der Waals surface area contributed by atoms with Crippen molar-refractivity contribution in [3.8, 4) is 11.5 Å². The summed E-state index contributed by atoms with van der Waals surface area (Å²) < 4.78 is 10.4. The molecule has 1 rings (SSSR count). The minimum atomic E-state index is 0.154. The first-order valence-corrected chi connectivity index (χ1v) is 5.39. The monoisotopic (exact) mass is 222 g/mol. The van der Waals surface area contributed by atoms with Gasteiger partial charge in [0.1, 0.15) is 0 Å². The smallest absolute Gasteiger partial charge is 0.163 e. The zero-order chi connectivity index (χ0) is 12.1. The van der Waals surface area contributed by atoms with Gasteiger partial charge in [0.2, 0.25) is 0 Å². The summed E-state index contributed by atoms with van der Waals surface area (Å²) in [5, 5.41) is 0. The van der Waals surface area contributed by atoms with E-state index in [-0.39, 0.29) is 5.78 Å². The molecule has 0 aliphatic rings. The zero-order valence-electron chi connectivity index (χ0n) is 10.3. The molecule has 0 unspecified atom stereocenters. The lowest BCUT2D eigenvalue weighted by molar-refractivity contribution is 0.0980. The number of aryl methyl sites for hydroxylation is 1. The number of hydrogen-bond acceptors (Lipinski definition) is 3. The number of ether oxygens (including phenoxy) is 2. The summed E-state index contributed by atoms with van der Waals surface area (Å²) in [4.78, 5) is 11.8. The second-order valence-corrected chi connectivity index (χ2v) is 3.70. The average molecular weight is 222 g/mol. The highest BCUT2D eigenvalue weighted by molar-refractivity contribution is 5.98. The van der Waals surface area contributed by atoms with Gasteiger partial charge in [-0.05, 0) is 31.0 Å². The molecule has 0 saturated carbocycles. The number of carbonyl (C=O) groups excluding carboxylic acids is 1. The molecule has 0 aromatic heterocycles. The van der Waals surface area contributed by atoms with Crippen LogP contribution in [0.3, 0.4) is 0 Å². The molecule has 16 heavy (non-hydrogen) atoms. The summed E-state index contributed by atoms with van der Waals surface area (Å²) in [6.07, 6.45) is 1.42. The summed E-state index contributed by atoms with van der Waals surface area (Å²) >= 11 is 0. The number of hydrogen-bond donors (Lipinski definition) is 0. The molecular weight excluding hydrogens is 204 g/mol. The Bertz CT molecular complexity index is 383. The Morgan fingerprint density at radius 2 is 1.75 bits per heavy atom.